The summed E-state index contributed by atoms with van der Waals surface area (Å²) in [6.45, 7) is 1.14. The summed E-state index contributed by atoms with van der Waals surface area (Å²) in [6, 6.07) is 15.3. The lowest BCUT2D eigenvalue weighted by atomic mass is 9.97. The highest BCUT2D eigenvalue weighted by molar-refractivity contribution is 5.54. The van der Waals surface area contributed by atoms with Gasteiger partial charge < -0.3 is 10.4 Å². The lowest BCUT2D eigenvalue weighted by molar-refractivity contribution is 0.311. The number of nitrogens with one attached hydrogen (secondary N) is 1. The first kappa shape index (κ1) is 14.9. The van der Waals surface area contributed by atoms with Crippen molar-refractivity contribution in [2.45, 2.75) is 12.6 Å². The third-order valence-corrected chi connectivity index (χ3v) is 4.02. The third-order valence-electron chi connectivity index (χ3n) is 4.02. The summed E-state index contributed by atoms with van der Waals surface area (Å²) < 4.78 is 0. The molecule has 0 saturated carbocycles. The second kappa shape index (κ2) is 6.39. The van der Waals surface area contributed by atoms with Crippen molar-refractivity contribution < 1.29 is 5.11 Å². The molecule has 0 spiro atoms. The molecule has 1 aliphatic heterocycles. The minimum Gasteiger partial charge on any atom is -0.395 e. The fourth-order valence-electron chi connectivity index (χ4n) is 2.94. The minimum atomic E-state index is -0.140. The number of nitrogens with zero attached hydrogens (tertiary/aromatic N) is 3. The van der Waals surface area contributed by atoms with Crippen molar-refractivity contribution in [3.63, 3.8) is 0 Å². The molecule has 1 heterocycles. The van der Waals surface area contributed by atoms with Crippen LogP contribution in [0.5, 0.6) is 0 Å². The predicted octanol–water partition coefficient (Wildman–Crippen LogP) is 2.35. The van der Waals surface area contributed by atoms with Crippen LogP contribution in [0.25, 0.3) is 0 Å². The van der Waals surface area contributed by atoms with Gasteiger partial charge in [0.2, 0.25) is 0 Å². The van der Waals surface area contributed by atoms with Gasteiger partial charge in [0.25, 0.3) is 0 Å². The van der Waals surface area contributed by atoms with Gasteiger partial charge in [-0.15, -0.1) is 0 Å². The van der Waals surface area contributed by atoms with E-state index in [1.165, 1.54) is 0 Å². The first-order valence-corrected chi connectivity index (χ1v) is 7.41. The van der Waals surface area contributed by atoms with Crippen molar-refractivity contribution in [3.05, 3.63) is 64.7 Å². The van der Waals surface area contributed by atoms with Crippen LogP contribution in [0.3, 0.4) is 0 Å². The number of fused-ring (bicyclic) bond motifs is 1. The zero-order chi connectivity index (χ0) is 16.2. The molecule has 5 heteroatoms. The average Bonchev–Trinajstić information content (AvgIpc) is 2.97. The van der Waals surface area contributed by atoms with Crippen LogP contribution in [-0.2, 0) is 6.54 Å². The van der Waals surface area contributed by atoms with Crippen molar-refractivity contribution in [3.8, 4) is 12.3 Å². The van der Waals surface area contributed by atoms with E-state index in [-0.39, 0.29) is 12.6 Å². The Balaban J connectivity index is 1.99. The molecule has 0 radical (unpaired) electrons. The molecule has 23 heavy (non-hydrogen) atoms. The van der Waals surface area contributed by atoms with Crippen molar-refractivity contribution >= 4 is 5.69 Å². The van der Waals surface area contributed by atoms with E-state index in [0.29, 0.717) is 18.7 Å². The molecule has 0 aromatic heterocycles. The highest BCUT2D eigenvalue weighted by Gasteiger charge is 2.31. The Morgan fingerprint density at radius 2 is 1.96 bits per heavy atom. The number of anilines is 1. The van der Waals surface area contributed by atoms with Crippen LogP contribution in [0.2, 0.25) is 0 Å². The Hall–Kier alpha value is -3.02. The molecule has 114 valence electrons. The van der Waals surface area contributed by atoms with E-state index in [9.17, 15) is 5.26 Å². The molecule has 5 nitrogen and oxygen atoms in total. The van der Waals surface area contributed by atoms with Crippen LogP contribution >= 0.6 is 0 Å². The third kappa shape index (κ3) is 2.83. The summed E-state index contributed by atoms with van der Waals surface area (Å²) in [5.41, 5.74) is 4.73. The molecule has 0 bridgehead atoms. The summed E-state index contributed by atoms with van der Waals surface area (Å²) in [6.07, 6.45) is 2.26. The average molecular weight is 304 g/mol. The Bertz CT molecular complexity index is 786. The van der Waals surface area contributed by atoms with E-state index in [2.05, 4.69) is 17.6 Å². The lowest BCUT2D eigenvalue weighted by Gasteiger charge is -2.20. The van der Waals surface area contributed by atoms with E-state index < -0.39 is 0 Å². The van der Waals surface area contributed by atoms with Crippen LogP contribution < -0.4 is 5.32 Å². The topological polar surface area (TPSA) is 83.1 Å². The first-order valence-electron chi connectivity index (χ1n) is 7.41. The summed E-state index contributed by atoms with van der Waals surface area (Å²) >= 11 is 0. The van der Waals surface area contributed by atoms with Crippen molar-refractivity contribution in [2.75, 3.05) is 18.5 Å². The van der Waals surface area contributed by atoms with Crippen LogP contribution in [-0.4, -0.2) is 23.2 Å². The van der Waals surface area contributed by atoms with E-state index in [1.54, 1.807) is 17.0 Å². The monoisotopic (exact) mass is 304 g/mol. The summed E-state index contributed by atoms with van der Waals surface area (Å²) in [5, 5.41) is 30.5. The normalized spacial score (nSPS) is 15.6. The second-order valence-electron chi connectivity index (χ2n) is 5.43. The maximum atomic E-state index is 9.46. The van der Waals surface area contributed by atoms with E-state index in [1.807, 2.05) is 30.3 Å². The van der Waals surface area contributed by atoms with Gasteiger partial charge in [0.15, 0.2) is 6.19 Å². The van der Waals surface area contributed by atoms with Crippen LogP contribution in [0.4, 0.5) is 5.69 Å². The van der Waals surface area contributed by atoms with Gasteiger partial charge >= 0.3 is 0 Å². The molecule has 2 N–H and O–H groups in total. The minimum absolute atomic E-state index is 0.0699. The van der Waals surface area contributed by atoms with Crippen LogP contribution in [0.15, 0.2) is 42.5 Å². The number of aliphatic hydroxyl groups is 1. The van der Waals surface area contributed by atoms with Crippen molar-refractivity contribution in [1.29, 1.82) is 10.5 Å². The molecular weight excluding hydrogens is 288 g/mol. The largest absolute Gasteiger partial charge is 0.395 e. The molecule has 2 aromatic carbocycles. The molecule has 0 amide bonds. The molecule has 3 rings (SSSR count). The highest BCUT2D eigenvalue weighted by atomic mass is 16.3. The van der Waals surface area contributed by atoms with Gasteiger partial charge in [-0.1, -0.05) is 18.2 Å². The quantitative estimate of drug-likeness (QED) is 0.847. The van der Waals surface area contributed by atoms with E-state index in [4.69, 9.17) is 10.4 Å². The summed E-state index contributed by atoms with van der Waals surface area (Å²) in [5.74, 6) is 0. The SMILES string of the molecule is N#Cc1ccc(C2c3cc(NCCO)ccc3CN2C#N)cc1. The zero-order valence-electron chi connectivity index (χ0n) is 12.5. The number of hydrogen-bond acceptors (Lipinski definition) is 5. The number of aliphatic hydroxyl groups excluding tert-OH is 1. The predicted molar refractivity (Wildman–Crippen MR) is 86.2 cm³/mol. The number of benzene rings is 2. The maximum Gasteiger partial charge on any atom is 0.180 e. The Labute approximate surface area is 135 Å². The Morgan fingerprint density at radius 3 is 2.61 bits per heavy atom. The molecule has 1 unspecified atom stereocenters. The van der Waals surface area contributed by atoms with Crippen LogP contribution in [0, 0.1) is 22.8 Å². The Morgan fingerprint density at radius 1 is 1.17 bits per heavy atom. The summed E-state index contributed by atoms with van der Waals surface area (Å²) in [4.78, 5) is 1.74. The lowest BCUT2D eigenvalue weighted by Crippen LogP contribution is -2.17. The molecule has 1 aliphatic rings. The standard InChI is InChI=1S/C18H16N4O/c19-10-13-1-3-14(4-2-13)18-17-9-16(21-7-8-23)6-5-15(17)11-22(18)12-20/h1-6,9,18,21,23H,7-8,11H2. The van der Waals surface area contributed by atoms with Gasteiger partial charge in [-0.05, 0) is 41.0 Å². The number of nitriles is 2. The molecular formula is C18H16N4O. The van der Waals surface area contributed by atoms with Crippen LogP contribution in [0.1, 0.15) is 28.3 Å². The molecule has 2 aromatic rings. The first-order chi connectivity index (χ1) is 11.3. The fourth-order valence-corrected chi connectivity index (χ4v) is 2.94. The molecule has 0 fully saturated rings. The van der Waals surface area contributed by atoms with Gasteiger partial charge in [0, 0.05) is 12.2 Å². The molecule has 1 atom stereocenters. The number of hydrogen-bond donors (Lipinski definition) is 2. The highest BCUT2D eigenvalue weighted by Crippen LogP contribution is 2.39. The second-order valence-corrected chi connectivity index (χ2v) is 5.43. The van der Waals surface area contributed by atoms with Gasteiger partial charge in [0.1, 0.15) is 0 Å². The fraction of sp³-hybridized carbons (Fsp3) is 0.222. The molecule has 0 saturated heterocycles. The van der Waals surface area contributed by atoms with Gasteiger partial charge in [0.05, 0.1) is 30.8 Å². The summed E-state index contributed by atoms with van der Waals surface area (Å²) in [7, 11) is 0. The van der Waals surface area contributed by atoms with Crippen molar-refractivity contribution in [2.24, 2.45) is 0 Å². The van der Waals surface area contributed by atoms with E-state index >= 15 is 0 Å². The van der Waals surface area contributed by atoms with Gasteiger partial charge in [-0.25, -0.2) is 0 Å². The van der Waals surface area contributed by atoms with Gasteiger partial charge in [-0.2, -0.15) is 10.5 Å². The zero-order valence-corrected chi connectivity index (χ0v) is 12.5. The molecule has 0 aliphatic carbocycles. The number of rotatable bonds is 4. The smallest absolute Gasteiger partial charge is 0.180 e. The maximum absolute atomic E-state index is 9.46. The Kier molecular flexibility index (Phi) is 4.14. The van der Waals surface area contributed by atoms with E-state index in [0.717, 1.165) is 22.4 Å². The van der Waals surface area contributed by atoms with Crippen molar-refractivity contribution in [1.82, 2.24) is 4.90 Å². The van der Waals surface area contributed by atoms with Gasteiger partial charge in [-0.3, -0.25) is 4.90 Å².